The highest BCUT2D eigenvalue weighted by atomic mass is 32.2. The summed E-state index contributed by atoms with van der Waals surface area (Å²) in [5.74, 6) is -0.266. The van der Waals surface area contributed by atoms with E-state index in [4.69, 9.17) is 0 Å². The average molecular weight is 438 g/mol. The van der Waals surface area contributed by atoms with Crippen LogP contribution in [0.3, 0.4) is 0 Å². The Labute approximate surface area is 174 Å². The molecule has 2 aromatic rings. The zero-order valence-electron chi connectivity index (χ0n) is 17.4. The zero-order valence-corrected chi connectivity index (χ0v) is 18.2. The normalized spacial score (nSPS) is 15.8. The number of hydrogen-bond acceptors (Lipinski definition) is 5. The summed E-state index contributed by atoms with van der Waals surface area (Å²) >= 11 is 0. The van der Waals surface area contributed by atoms with Crippen molar-refractivity contribution in [2.75, 3.05) is 39.3 Å². The van der Waals surface area contributed by atoms with Crippen LogP contribution >= 0.6 is 0 Å². The van der Waals surface area contributed by atoms with Gasteiger partial charge in [-0.2, -0.15) is 17.0 Å². The topological polar surface area (TPSA) is 116 Å². The van der Waals surface area contributed by atoms with Crippen molar-refractivity contribution in [2.45, 2.75) is 27.3 Å². The first-order valence-corrected chi connectivity index (χ1v) is 11.5. The maximum absolute atomic E-state index is 12.9. The molecule has 0 radical (unpaired) electrons. The number of amides is 1. The Bertz CT molecular complexity index is 1160. The molecule has 11 heteroatoms. The minimum absolute atomic E-state index is 0.218. The maximum Gasteiger partial charge on any atom is 0.328 e. The Balaban J connectivity index is 1.79. The first kappa shape index (κ1) is 22.2. The number of carbonyl (C=O) groups excluding carboxylic acids is 1. The summed E-state index contributed by atoms with van der Waals surface area (Å²) in [6, 6.07) is 4.59. The Kier molecular flexibility index (Phi) is 6.44. The molecule has 0 bridgehead atoms. The van der Waals surface area contributed by atoms with Gasteiger partial charge in [-0.1, -0.05) is 13.8 Å². The van der Waals surface area contributed by atoms with Gasteiger partial charge in [-0.15, -0.1) is 0 Å². The summed E-state index contributed by atoms with van der Waals surface area (Å²) in [6.45, 7) is 7.31. The van der Waals surface area contributed by atoms with Crippen molar-refractivity contribution in [3.8, 4) is 0 Å². The standard InChI is InChI=1S/C19H27N5O5S/c1-4-22(5-2)30(28,29)23-11-9-21(10-12-23)17(25)14-7-8-15-16(13-14)20-19(27)24(6-3)18(15)26/h7-8,13H,4-6,9-12H2,1-3H3,(H,20,27). The maximum atomic E-state index is 12.9. The number of aromatic amines is 1. The first-order valence-electron chi connectivity index (χ1n) is 10.1. The molecule has 3 rings (SSSR count). The number of H-pyrrole nitrogens is 1. The van der Waals surface area contributed by atoms with Gasteiger partial charge in [0.15, 0.2) is 0 Å². The van der Waals surface area contributed by atoms with Crippen molar-refractivity contribution in [3.63, 3.8) is 0 Å². The molecule has 0 atom stereocenters. The second-order valence-electron chi connectivity index (χ2n) is 7.02. The summed E-state index contributed by atoms with van der Waals surface area (Å²) in [6.07, 6.45) is 0. The summed E-state index contributed by atoms with van der Waals surface area (Å²) in [5, 5.41) is 0.336. The Morgan fingerprint density at radius 1 is 1.07 bits per heavy atom. The first-order chi connectivity index (χ1) is 14.2. The monoisotopic (exact) mass is 437 g/mol. The molecular weight excluding hydrogens is 410 g/mol. The lowest BCUT2D eigenvalue weighted by Gasteiger charge is -2.36. The number of rotatable bonds is 6. The predicted molar refractivity (Wildman–Crippen MR) is 114 cm³/mol. The Hall–Kier alpha value is -2.50. The molecule has 30 heavy (non-hydrogen) atoms. The lowest BCUT2D eigenvalue weighted by atomic mass is 10.1. The number of nitrogens with zero attached hydrogens (tertiary/aromatic N) is 4. The van der Waals surface area contributed by atoms with Gasteiger partial charge in [-0.3, -0.25) is 14.2 Å². The molecule has 1 amide bonds. The number of benzene rings is 1. The van der Waals surface area contributed by atoms with Crippen LogP contribution in [0.15, 0.2) is 27.8 Å². The fraction of sp³-hybridized carbons (Fsp3) is 0.526. The predicted octanol–water partition coefficient (Wildman–Crippen LogP) is 0.0541. The molecule has 1 saturated heterocycles. The van der Waals surface area contributed by atoms with Crippen LogP contribution < -0.4 is 11.2 Å². The number of aromatic nitrogens is 2. The van der Waals surface area contributed by atoms with Gasteiger partial charge in [0, 0.05) is 51.4 Å². The molecule has 1 aliphatic rings. The third kappa shape index (κ3) is 3.92. The second kappa shape index (κ2) is 8.70. The van der Waals surface area contributed by atoms with Gasteiger partial charge in [0.25, 0.3) is 21.7 Å². The van der Waals surface area contributed by atoms with E-state index in [2.05, 4.69) is 4.98 Å². The molecule has 0 aliphatic carbocycles. The van der Waals surface area contributed by atoms with Gasteiger partial charge >= 0.3 is 5.69 Å². The fourth-order valence-electron chi connectivity index (χ4n) is 3.69. The molecular formula is C19H27N5O5S. The van der Waals surface area contributed by atoms with E-state index in [1.54, 1.807) is 31.7 Å². The Morgan fingerprint density at radius 2 is 1.70 bits per heavy atom. The molecule has 1 aliphatic heterocycles. The van der Waals surface area contributed by atoms with E-state index >= 15 is 0 Å². The third-order valence-electron chi connectivity index (χ3n) is 5.43. The zero-order chi connectivity index (χ0) is 22.1. The number of fused-ring (bicyclic) bond motifs is 1. The highest BCUT2D eigenvalue weighted by molar-refractivity contribution is 7.86. The van der Waals surface area contributed by atoms with Crippen molar-refractivity contribution in [2.24, 2.45) is 0 Å². The van der Waals surface area contributed by atoms with E-state index in [0.717, 1.165) is 4.57 Å². The van der Waals surface area contributed by atoms with E-state index in [0.29, 0.717) is 29.6 Å². The SMILES string of the molecule is CCN(CC)S(=O)(=O)N1CCN(C(=O)c2ccc3c(=O)n(CC)c(=O)[nH]c3c2)CC1. The molecule has 0 unspecified atom stereocenters. The molecule has 1 fully saturated rings. The molecule has 164 valence electrons. The van der Waals surface area contributed by atoms with E-state index in [-0.39, 0.29) is 38.6 Å². The van der Waals surface area contributed by atoms with Crippen LogP contribution in [0.4, 0.5) is 0 Å². The van der Waals surface area contributed by atoms with Gasteiger partial charge in [0.05, 0.1) is 10.9 Å². The van der Waals surface area contributed by atoms with Crippen LogP contribution in [0.25, 0.3) is 10.9 Å². The average Bonchev–Trinajstić information content (AvgIpc) is 2.74. The van der Waals surface area contributed by atoms with E-state index in [1.165, 1.54) is 20.7 Å². The van der Waals surface area contributed by atoms with Crippen molar-refractivity contribution < 1.29 is 13.2 Å². The summed E-state index contributed by atoms with van der Waals surface area (Å²) in [4.78, 5) is 41.6. The highest BCUT2D eigenvalue weighted by Crippen LogP contribution is 2.16. The number of hydrogen-bond donors (Lipinski definition) is 1. The lowest BCUT2D eigenvalue weighted by molar-refractivity contribution is 0.0694. The van der Waals surface area contributed by atoms with E-state index in [1.807, 2.05) is 0 Å². The van der Waals surface area contributed by atoms with Crippen LogP contribution in [0.1, 0.15) is 31.1 Å². The molecule has 2 heterocycles. The van der Waals surface area contributed by atoms with Gasteiger partial charge in [0.2, 0.25) is 0 Å². The largest absolute Gasteiger partial charge is 0.336 e. The molecule has 1 aromatic heterocycles. The highest BCUT2D eigenvalue weighted by Gasteiger charge is 2.32. The van der Waals surface area contributed by atoms with Crippen molar-refractivity contribution >= 4 is 27.0 Å². The van der Waals surface area contributed by atoms with Gasteiger partial charge in [-0.05, 0) is 25.1 Å². The van der Waals surface area contributed by atoms with Crippen molar-refractivity contribution in [3.05, 3.63) is 44.6 Å². The molecule has 1 N–H and O–H groups in total. The van der Waals surface area contributed by atoms with E-state index < -0.39 is 21.5 Å². The second-order valence-corrected chi connectivity index (χ2v) is 8.95. The third-order valence-corrected chi connectivity index (χ3v) is 7.62. The van der Waals surface area contributed by atoms with Crippen LogP contribution in [0, 0.1) is 0 Å². The smallest absolute Gasteiger partial charge is 0.328 e. The van der Waals surface area contributed by atoms with Gasteiger partial charge < -0.3 is 9.88 Å². The summed E-state index contributed by atoms with van der Waals surface area (Å²) < 4.78 is 29.2. The van der Waals surface area contributed by atoms with Crippen molar-refractivity contribution in [1.29, 1.82) is 0 Å². The quantitative estimate of drug-likeness (QED) is 0.686. The number of carbonyl (C=O) groups is 1. The van der Waals surface area contributed by atoms with Crippen LogP contribution in [0.2, 0.25) is 0 Å². The van der Waals surface area contributed by atoms with Crippen molar-refractivity contribution in [1.82, 2.24) is 23.1 Å². The minimum atomic E-state index is -3.53. The summed E-state index contributed by atoms with van der Waals surface area (Å²) in [5.41, 5.74) is -0.268. The molecule has 1 aromatic carbocycles. The van der Waals surface area contributed by atoms with Gasteiger partial charge in [0.1, 0.15) is 0 Å². The number of nitrogens with one attached hydrogen (secondary N) is 1. The van der Waals surface area contributed by atoms with Crippen LogP contribution in [-0.2, 0) is 16.8 Å². The van der Waals surface area contributed by atoms with Crippen LogP contribution in [0.5, 0.6) is 0 Å². The molecule has 0 saturated carbocycles. The summed E-state index contributed by atoms with van der Waals surface area (Å²) in [7, 11) is -3.53. The van der Waals surface area contributed by atoms with Crippen LogP contribution in [-0.4, -0.2) is 76.7 Å². The van der Waals surface area contributed by atoms with Gasteiger partial charge in [-0.25, -0.2) is 4.79 Å². The molecule has 10 nitrogen and oxygen atoms in total. The number of piperazine rings is 1. The Morgan fingerprint density at radius 3 is 2.27 bits per heavy atom. The minimum Gasteiger partial charge on any atom is -0.336 e. The fourth-order valence-corrected chi connectivity index (χ4v) is 5.30. The molecule has 0 spiro atoms. The lowest BCUT2D eigenvalue weighted by Crippen LogP contribution is -2.54. The van der Waals surface area contributed by atoms with E-state index in [9.17, 15) is 22.8 Å².